The Bertz CT molecular complexity index is 1500. The highest BCUT2D eigenvalue weighted by molar-refractivity contribution is 5.97. The average molecular weight is 677 g/mol. The van der Waals surface area contributed by atoms with Gasteiger partial charge in [0.2, 0.25) is 23.6 Å². The number of hydrogen-bond donors (Lipinski definition) is 3. The summed E-state index contributed by atoms with van der Waals surface area (Å²) in [5.41, 5.74) is 8.28. The van der Waals surface area contributed by atoms with Crippen LogP contribution in [0.15, 0.2) is 48.5 Å². The first-order chi connectivity index (χ1) is 23.7. The van der Waals surface area contributed by atoms with Gasteiger partial charge in [0, 0.05) is 43.0 Å². The highest BCUT2D eigenvalue weighted by atomic mass is 16.6. The minimum atomic E-state index is -0.631. The maximum absolute atomic E-state index is 13.3. The molecule has 2 aromatic rings. The Balaban J connectivity index is 0.963. The van der Waals surface area contributed by atoms with Crippen molar-refractivity contribution < 1.29 is 38.1 Å². The lowest BCUT2D eigenvalue weighted by Crippen LogP contribution is -2.39. The second kappa shape index (κ2) is 19.0. The summed E-state index contributed by atoms with van der Waals surface area (Å²) in [4.78, 5) is 51.3. The molecule has 4 rings (SSSR count). The number of nitrogens with zero attached hydrogens (tertiary/aromatic N) is 1. The summed E-state index contributed by atoms with van der Waals surface area (Å²) in [6.45, 7) is 7.47. The molecule has 0 radical (unpaired) electrons. The summed E-state index contributed by atoms with van der Waals surface area (Å²) in [5.74, 6) is 5.58. The smallest absolute Gasteiger partial charge is 0.227 e. The summed E-state index contributed by atoms with van der Waals surface area (Å²) >= 11 is 0. The number of rotatable bonds is 21. The zero-order chi connectivity index (χ0) is 35.1. The van der Waals surface area contributed by atoms with Gasteiger partial charge in [-0.1, -0.05) is 56.0 Å². The first-order valence-corrected chi connectivity index (χ1v) is 16.9. The van der Waals surface area contributed by atoms with Gasteiger partial charge in [-0.2, -0.15) is 0 Å². The van der Waals surface area contributed by atoms with Crippen molar-refractivity contribution in [3.8, 4) is 11.8 Å². The van der Waals surface area contributed by atoms with Gasteiger partial charge in [0.05, 0.1) is 70.5 Å². The first kappa shape index (κ1) is 37.5. The Kier molecular flexibility index (Phi) is 14.6. The Labute approximate surface area is 288 Å². The molecule has 2 aliphatic rings. The monoisotopic (exact) mass is 676 g/mol. The molecule has 0 aromatic heterocycles. The normalized spacial score (nSPS) is 17.5. The third kappa shape index (κ3) is 11.1. The SMILES string of the molecule is CC(C)C1(C(N)=O)C[C@H]1NC(=O)CCOCCOCCOCCOCCNC(=O)CCC(=O)N1Cc2ccccc2C#Cc2ccccc21. The minimum Gasteiger partial charge on any atom is -0.379 e. The number of nitrogens with one attached hydrogen (secondary N) is 2. The van der Waals surface area contributed by atoms with Gasteiger partial charge in [0.15, 0.2) is 0 Å². The molecule has 2 atom stereocenters. The molecule has 1 aliphatic heterocycles. The lowest BCUT2D eigenvalue weighted by Gasteiger charge is -2.26. The molecule has 12 nitrogen and oxygen atoms in total. The molecule has 1 fully saturated rings. The standard InChI is InChI=1S/C37H48N4O8/c1-27(2)37(36(38)45)25-32(37)40-34(43)15-17-46-19-21-48-23-24-49-22-20-47-18-16-39-33(42)13-14-35(44)41-26-30-9-4-3-7-28(30)11-12-29-8-5-6-10-31(29)41/h3-10,27,32H,13-26H2,1-2H3,(H2,38,45)(H,39,42)(H,40,43)/t32-,37?/m1/s1. The van der Waals surface area contributed by atoms with Gasteiger partial charge in [-0.05, 0) is 36.1 Å². The van der Waals surface area contributed by atoms with Crippen LogP contribution in [-0.2, 0) is 44.7 Å². The zero-order valence-electron chi connectivity index (χ0n) is 28.5. The predicted octanol–water partition coefficient (Wildman–Crippen LogP) is 2.30. The molecule has 2 aromatic carbocycles. The number of carbonyl (C=O) groups is 4. The quantitative estimate of drug-likeness (QED) is 0.134. The van der Waals surface area contributed by atoms with E-state index in [4.69, 9.17) is 24.7 Å². The first-order valence-electron chi connectivity index (χ1n) is 16.9. The van der Waals surface area contributed by atoms with Crippen molar-refractivity contribution >= 4 is 29.3 Å². The third-order valence-electron chi connectivity index (χ3n) is 8.73. The topological polar surface area (TPSA) is 159 Å². The number of carbonyl (C=O) groups excluding carboxylic acids is 4. The van der Waals surface area contributed by atoms with Crippen LogP contribution in [-0.4, -0.2) is 89.1 Å². The molecule has 264 valence electrons. The van der Waals surface area contributed by atoms with Crippen LogP contribution in [0.1, 0.15) is 56.2 Å². The number of fused-ring (bicyclic) bond motifs is 2. The molecule has 0 spiro atoms. The van der Waals surface area contributed by atoms with Gasteiger partial charge in [-0.15, -0.1) is 0 Å². The fourth-order valence-corrected chi connectivity index (χ4v) is 5.76. The molecule has 49 heavy (non-hydrogen) atoms. The van der Waals surface area contributed by atoms with E-state index in [1.807, 2.05) is 62.4 Å². The van der Waals surface area contributed by atoms with E-state index < -0.39 is 5.41 Å². The van der Waals surface area contributed by atoms with E-state index in [1.165, 1.54) is 0 Å². The fourth-order valence-electron chi connectivity index (χ4n) is 5.76. The largest absolute Gasteiger partial charge is 0.379 e. The molecule has 1 unspecified atom stereocenters. The van der Waals surface area contributed by atoms with Crippen molar-refractivity contribution in [1.82, 2.24) is 10.6 Å². The molecule has 1 heterocycles. The Morgan fingerprint density at radius 3 is 2.04 bits per heavy atom. The van der Waals surface area contributed by atoms with Crippen LogP contribution in [0.4, 0.5) is 5.69 Å². The summed E-state index contributed by atoms with van der Waals surface area (Å²) < 4.78 is 21.9. The molecule has 0 bridgehead atoms. The van der Waals surface area contributed by atoms with Crippen molar-refractivity contribution in [1.29, 1.82) is 0 Å². The Morgan fingerprint density at radius 2 is 1.39 bits per heavy atom. The fraction of sp³-hybridized carbons (Fsp3) is 0.514. The van der Waals surface area contributed by atoms with Gasteiger partial charge >= 0.3 is 0 Å². The second-order valence-electron chi connectivity index (χ2n) is 12.3. The molecule has 4 N–H and O–H groups in total. The number of nitrogens with two attached hydrogens (primary N) is 1. The molecule has 12 heteroatoms. The predicted molar refractivity (Wildman–Crippen MR) is 183 cm³/mol. The van der Waals surface area contributed by atoms with E-state index in [0.29, 0.717) is 65.8 Å². The Hall–Kier alpha value is -4.28. The Morgan fingerprint density at radius 1 is 0.796 bits per heavy atom. The van der Waals surface area contributed by atoms with Gasteiger partial charge < -0.3 is 40.2 Å². The number of ether oxygens (including phenoxy) is 4. The van der Waals surface area contributed by atoms with Crippen LogP contribution >= 0.6 is 0 Å². The molecule has 1 saturated carbocycles. The van der Waals surface area contributed by atoms with Crippen molar-refractivity contribution in [2.24, 2.45) is 17.1 Å². The molecular formula is C37H48N4O8. The number of primary amides is 1. The van der Waals surface area contributed by atoms with Crippen LogP contribution < -0.4 is 21.3 Å². The highest BCUT2D eigenvalue weighted by Gasteiger charge is 2.61. The van der Waals surface area contributed by atoms with Gasteiger partial charge in [0.25, 0.3) is 0 Å². The minimum absolute atomic E-state index is 0.0755. The highest BCUT2D eigenvalue weighted by Crippen LogP contribution is 2.51. The number of benzene rings is 2. The van der Waals surface area contributed by atoms with Gasteiger partial charge in [-0.3, -0.25) is 19.2 Å². The van der Waals surface area contributed by atoms with E-state index >= 15 is 0 Å². The molecule has 4 amide bonds. The van der Waals surface area contributed by atoms with E-state index in [9.17, 15) is 19.2 Å². The summed E-state index contributed by atoms with van der Waals surface area (Å²) in [6.07, 6.45) is 0.943. The van der Waals surface area contributed by atoms with Gasteiger partial charge in [-0.25, -0.2) is 0 Å². The molecule has 1 aliphatic carbocycles. The maximum Gasteiger partial charge on any atom is 0.227 e. The molecular weight excluding hydrogens is 628 g/mol. The summed E-state index contributed by atoms with van der Waals surface area (Å²) in [5, 5.41) is 5.67. The van der Waals surface area contributed by atoms with Crippen molar-refractivity contribution in [2.75, 3.05) is 64.3 Å². The van der Waals surface area contributed by atoms with E-state index in [1.54, 1.807) is 4.90 Å². The van der Waals surface area contributed by atoms with E-state index in [-0.39, 0.29) is 61.5 Å². The van der Waals surface area contributed by atoms with Crippen LogP contribution in [0.2, 0.25) is 0 Å². The maximum atomic E-state index is 13.3. The van der Waals surface area contributed by atoms with Crippen molar-refractivity contribution in [3.63, 3.8) is 0 Å². The van der Waals surface area contributed by atoms with Crippen LogP contribution in [0.25, 0.3) is 0 Å². The van der Waals surface area contributed by atoms with Crippen LogP contribution in [0.3, 0.4) is 0 Å². The van der Waals surface area contributed by atoms with Gasteiger partial charge in [0.1, 0.15) is 0 Å². The number of anilines is 1. The summed E-state index contributed by atoms with van der Waals surface area (Å²) in [7, 11) is 0. The summed E-state index contributed by atoms with van der Waals surface area (Å²) in [6, 6.07) is 15.1. The number of para-hydroxylation sites is 1. The van der Waals surface area contributed by atoms with Crippen molar-refractivity contribution in [2.45, 2.75) is 52.1 Å². The van der Waals surface area contributed by atoms with E-state index in [2.05, 4.69) is 22.5 Å². The lowest BCUT2D eigenvalue weighted by atomic mass is 9.91. The van der Waals surface area contributed by atoms with E-state index in [0.717, 1.165) is 22.4 Å². The second-order valence-corrected chi connectivity index (χ2v) is 12.3. The van der Waals surface area contributed by atoms with Crippen LogP contribution in [0, 0.1) is 23.2 Å². The number of amides is 4. The van der Waals surface area contributed by atoms with Crippen LogP contribution in [0.5, 0.6) is 0 Å². The van der Waals surface area contributed by atoms with Crippen molar-refractivity contribution in [3.05, 3.63) is 65.2 Å². The molecule has 0 saturated heterocycles. The average Bonchev–Trinajstić information content (AvgIpc) is 3.81. The third-order valence-corrected chi connectivity index (χ3v) is 8.73. The number of hydrogen-bond acceptors (Lipinski definition) is 8. The lowest BCUT2D eigenvalue weighted by molar-refractivity contribution is -0.126. The zero-order valence-corrected chi connectivity index (χ0v) is 28.5.